The fourth-order valence-electron chi connectivity index (χ4n) is 2.33. The Kier molecular flexibility index (Phi) is 3.99. The van der Waals surface area contributed by atoms with Gasteiger partial charge in [-0.05, 0) is 38.3 Å². The summed E-state index contributed by atoms with van der Waals surface area (Å²) in [6.07, 6.45) is -3.03. The molecule has 0 saturated heterocycles. The molecule has 110 valence electrons. The minimum atomic E-state index is -1.50. The lowest BCUT2D eigenvalue weighted by Gasteiger charge is -2.33. The quantitative estimate of drug-likeness (QED) is 0.831. The van der Waals surface area contributed by atoms with E-state index in [4.69, 9.17) is 4.74 Å². The molecule has 0 radical (unpaired) electrons. The van der Waals surface area contributed by atoms with Crippen LogP contribution in [-0.2, 0) is 11.2 Å². The molecule has 0 spiro atoms. The summed E-state index contributed by atoms with van der Waals surface area (Å²) in [7, 11) is 0. The van der Waals surface area contributed by atoms with Crippen LogP contribution in [0.5, 0.6) is 0 Å². The number of hydrogen-bond acceptors (Lipinski definition) is 3. The van der Waals surface area contributed by atoms with E-state index in [1.165, 1.54) is 0 Å². The number of fused-ring (bicyclic) bond motifs is 1. The van der Waals surface area contributed by atoms with E-state index in [0.717, 1.165) is 5.56 Å². The highest BCUT2D eigenvalue weighted by Crippen LogP contribution is 2.33. The summed E-state index contributed by atoms with van der Waals surface area (Å²) in [5.41, 5.74) is 0.657. The van der Waals surface area contributed by atoms with Crippen LogP contribution in [0.25, 0.3) is 0 Å². The van der Waals surface area contributed by atoms with Crippen molar-refractivity contribution in [3.63, 3.8) is 0 Å². The third-order valence-corrected chi connectivity index (χ3v) is 3.21. The predicted octanol–water partition coefficient (Wildman–Crippen LogP) is 2.51. The summed E-state index contributed by atoms with van der Waals surface area (Å²) >= 11 is 0. The monoisotopic (exact) mass is 281 g/mol. The zero-order chi connectivity index (χ0) is 14.9. The Morgan fingerprint density at radius 2 is 2.05 bits per heavy atom. The molecule has 0 bridgehead atoms. The molecule has 0 saturated carbocycles. The zero-order valence-electron chi connectivity index (χ0n) is 11.9. The lowest BCUT2D eigenvalue weighted by atomic mass is 9.85. The van der Waals surface area contributed by atoms with Crippen molar-refractivity contribution >= 4 is 6.09 Å². The standard InChI is InChI=1S/C15H20FNO3/c1-15(2,3)20-14(19)17-11-8-9-6-4-5-7-10(9)12(16)13(11)18/h4-7,11-13,18H,8H2,1-3H3,(H,17,19). The number of carbonyl (C=O) groups is 1. The number of aliphatic hydroxyl groups excluding tert-OH is 1. The van der Waals surface area contributed by atoms with Crippen LogP contribution in [0.3, 0.4) is 0 Å². The number of amides is 1. The number of rotatable bonds is 1. The van der Waals surface area contributed by atoms with Crippen LogP contribution in [0.1, 0.15) is 38.1 Å². The van der Waals surface area contributed by atoms with Crippen molar-refractivity contribution in [3.8, 4) is 0 Å². The average molecular weight is 281 g/mol. The number of alkyl carbamates (subject to hydrolysis) is 1. The highest BCUT2D eigenvalue weighted by molar-refractivity contribution is 5.68. The molecule has 1 aliphatic carbocycles. The van der Waals surface area contributed by atoms with E-state index in [1.807, 2.05) is 6.07 Å². The van der Waals surface area contributed by atoms with Gasteiger partial charge < -0.3 is 15.2 Å². The van der Waals surface area contributed by atoms with Crippen molar-refractivity contribution in [2.45, 2.75) is 51.1 Å². The van der Waals surface area contributed by atoms with Crippen molar-refractivity contribution in [2.75, 3.05) is 0 Å². The summed E-state index contributed by atoms with van der Waals surface area (Å²) in [6.45, 7) is 5.24. The van der Waals surface area contributed by atoms with E-state index in [1.54, 1.807) is 39.0 Å². The second kappa shape index (κ2) is 5.40. The first-order valence-electron chi connectivity index (χ1n) is 6.67. The van der Waals surface area contributed by atoms with Gasteiger partial charge in [-0.3, -0.25) is 0 Å². The fourth-order valence-corrected chi connectivity index (χ4v) is 2.33. The Balaban J connectivity index is 2.09. The molecule has 3 atom stereocenters. The van der Waals surface area contributed by atoms with Gasteiger partial charge in [-0.2, -0.15) is 0 Å². The Morgan fingerprint density at radius 1 is 1.40 bits per heavy atom. The lowest BCUT2D eigenvalue weighted by Crippen LogP contribution is -2.50. The average Bonchev–Trinajstić information content (AvgIpc) is 2.33. The lowest BCUT2D eigenvalue weighted by molar-refractivity contribution is 0.0184. The zero-order valence-corrected chi connectivity index (χ0v) is 11.9. The van der Waals surface area contributed by atoms with Gasteiger partial charge in [0.15, 0.2) is 6.17 Å². The van der Waals surface area contributed by atoms with Gasteiger partial charge in [-0.15, -0.1) is 0 Å². The molecular formula is C15H20FNO3. The Bertz CT molecular complexity index is 498. The van der Waals surface area contributed by atoms with Crippen molar-refractivity contribution in [1.29, 1.82) is 0 Å². The SMILES string of the molecule is CC(C)(C)OC(=O)NC1Cc2ccccc2C(F)C1O. The van der Waals surface area contributed by atoms with Crippen LogP contribution in [0, 0.1) is 0 Å². The number of alkyl halides is 1. The second-order valence-electron chi connectivity index (χ2n) is 6.05. The molecule has 3 unspecified atom stereocenters. The van der Waals surface area contributed by atoms with Crippen molar-refractivity contribution in [1.82, 2.24) is 5.32 Å². The summed E-state index contributed by atoms with van der Waals surface area (Å²) in [5.74, 6) is 0. The topological polar surface area (TPSA) is 58.6 Å². The first-order valence-corrected chi connectivity index (χ1v) is 6.67. The Morgan fingerprint density at radius 3 is 2.70 bits per heavy atom. The fraction of sp³-hybridized carbons (Fsp3) is 0.533. The number of aliphatic hydroxyl groups is 1. The van der Waals surface area contributed by atoms with Gasteiger partial charge in [0, 0.05) is 0 Å². The van der Waals surface area contributed by atoms with Gasteiger partial charge in [0.1, 0.15) is 11.7 Å². The molecule has 2 N–H and O–H groups in total. The third-order valence-electron chi connectivity index (χ3n) is 3.21. The first kappa shape index (κ1) is 14.8. The molecule has 0 aliphatic heterocycles. The number of nitrogens with one attached hydrogen (secondary N) is 1. The van der Waals surface area contributed by atoms with Crippen LogP contribution in [0.15, 0.2) is 24.3 Å². The van der Waals surface area contributed by atoms with E-state index >= 15 is 0 Å². The minimum absolute atomic E-state index is 0.386. The Hall–Kier alpha value is -1.62. The minimum Gasteiger partial charge on any atom is -0.444 e. The van der Waals surface area contributed by atoms with E-state index in [-0.39, 0.29) is 0 Å². The highest BCUT2D eigenvalue weighted by Gasteiger charge is 2.37. The molecule has 4 nitrogen and oxygen atoms in total. The molecule has 1 amide bonds. The van der Waals surface area contributed by atoms with Gasteiger partial charge in [0.05, 0.1) is 6.04 Å². The number of benzene rings is 1. The maximum Gasteiger partial charge on any atom is 0.407 e. The molecule has 5 heteroatoms. The highest BCUT2D eigenvalue weighted by atomic mass is 19.1. The summed E-state index contributed by atoms with van der Waals surface area (Å²) in [5, 5.41) is 12.5. The normalized spacial score (nSPS) is 25.8. The number of carbonyl (C=O) groups excluding carboxylic acids is 1. The maximum absolute atomic E-state index is 14.2. The second-order valence-corrected chi connectivity index (χ2v) is 6.05. The van der Waals surface area contributed by atoms with Crippen LogP contribution in [0.4, 0.5) is 9.18 Å². The molecule has 2 rings (SSSR count). The number of ether oxygens (including phenoxy) is 1. The van der Waals surface area contributed by atoms with Gasteiger partial charge in [0.25, 0.3) is 0 Å². The molecule has 20 heavy (non-hydrogen) atoms. The molecule has 1 aliphatic rings. The molecule has 0 fully saturated rings. The van der Waals surface area contributed by atoms with Gasteiger partial charge in [-0.1, -0.05) is 24.3 Å². The van der Waals surface area contributed by atoms with Crippen molar-refractivity contribution in [2.24, 2.45) is 0 Å². The molecular weight excluding hydrogens is 261 g/mol. The summed E-state index contributed by atoms with van der Waals surface area (Å²) in [4.78, 5) is 11.7. The van der Waals surface area contributed by atoms with Crippen LogP contribution < -0.4 is 5.32 Å². The Labute approximate surface area is 117 Å². The smallest absolute Gasteiger partial charge is 0.407 e. The summed E-state index contributed by atoms with van der Waals surface area (Å²) in [6, 6.07) is 6.33. The van der Waals surface area contributed by atoms with Gasteiger partial charge >= 0.3 is 6.09 Å². The number of hydrogen-bond donors (Lipinski definition) is 2. The first-order chi connectivity index (χ1) is 9.28. The largest absolute Gasteiger partial charge is 0.444 e. The van der Waals surface area contributed by atoms with E-state index < -0.39 is 30.0 Å². The maximum atomic E-state index is 14.2. The van der Waals surface area contributed by atoms with Crippen molar-refractivity contribution < 1.29 is 19.0 Å². The van der Waals surface area contributed by atoms with Crippen LogP contribution in [-0.4, -0.2) is 28.9 Å². The third kappa shape index (κ3) is 3.28. The van der Waals surface area contributed by atoms with E-state index in [9.17, 15) is 14.3 Å². The molecule has 0 heterocycles. The van der Waals surface area contributed by atoms with E-state index in [0.29, 0.717) is 12.0 Å². The molecule has 1 aromatic rings. The number of halogens is 1. The van der Waals surface area contributed by atoms with E-state index in [2.05, 4.69) is 5.32 Å². The van der Waals surface area contributed by atoms with Crippen molar-refractivity contribution in [3.05, 3.63) is 35.4 Å². The molecule has 1 aromatic carbocycles. The van der Waals surface area contributed by atoms with Crippen LogP contribution >= 0.6 is 0 Å². The van der Waals surface area contributed by atoms with Crippen LogP contribution in [0.2, 0.25) is 0 Å². The van der Waals surface area contributed by atoms with Gasteiger partial charge in [0.2, 0.25) is 0 Å². The molecule has 0 aromatic heterocycles. The predicted molar refractivity (Wildman–Crippen MR) is 73.2 cm³/mol. The van der Waals surface area contributed by atoms with Gasteiger partial charge in [-0.25, -0.2) is 9.18 Å². The summed E-state index contributed by atoms with van der Waals surface area (Å²) < 4.78 is 19.3.